The lowest BCUT2D eigenvalue weighted by Crippen LogP contribution is -2.23. The summed E-state index contributed by atoms with van der Waals surface area (Å²) in [5, 5.41) is 5.59. The quantitative estimate of drug-likeness (QED) is 0.513. The molecule has 30 heavy (non-hydrogen) atoms. The van der Waals surface area contributed by atoms with E-state index in [2.05, 4.69) is 20.6 Å². The number of rotatable bonds is 6. The molecular formula is C23H18N4O3. The molecule has 2 aromatic carbocycles. The van der Waals surface area contributed by atoms with Gasteiger partial charge in [-0.2, -0.15) is 0 Å². The molecule has 0 saturated heterocycles. The van der Waals surface area contributed by atoms with Gasteiger partial charge in [0, 0.05) is 30.2 Å². The molecule has 2 amide bonds. The van der Waals surface area contributed by atoms with Crippen molar-refractivity contribution in [2.75, 3.05) is 5.32 Å². The zero-order chi connectivity index (χ0) is 20.8. The molecule has 0 fully saturated rings. The second kappa shape index (κ2) is 8.83. The van der Waals surface area contributed by atoms with E-state index in [9.17, 15) is 9.59 Å². The van der Waals surface area contributed by atoms with E-state index >= 15 is 0 Å². The van der Waals surface area contributed by atoms with Gasteiger partial charge in [0.1, 0.15) is 0 Å². The van der Waals surface area contributed by atoms with Crippen LogP contribution in [0.2, 0.25) is 0 Å². The van der Waals surface area contributed by atoms with Crippen LogP contribution in [0.3, 0.4) is 0 Å². The molecule has 2 aromatic heterocycles. The van der Waals surface area contributed by atoms with Gasteiger partial charge in [0.25, 0.3) is 11.8 Å². The monoisotopic (exact) mass is 398 g/mol. The minimum atomic E-state index is -0.336. The first-order valence-electron chi connectivity index (χ1n) is 9.28. The van der Waals surface area contributed by atoms with Crippen LogP contribution in [0.4, 0.5) is 5.69 Å². The molecule has 0 bridgehead atoms. The lowest BCUT2D eigenvalue weighted by atomic mass is 10.2. The predicted octanol–water partition coefficient (Wildman–Crippen LogP) is 3.92. The van der Waals surface area contributed by atoms with Crippen LogP contribution in [-0.2, 0) is 6.54 Å². The average Bonchev–Trinajstić information content (AvgIpc) is 3.34. The molecule has 0 aliphatic heterocycles. The molecule has 0 aliphatic rings. The summed E-state index contributed by atoms with van der Waals surface area (Å²) in [6, 6.07) is 20.0. The summed E-state index contributed by atoms with van der Waals surface area (Å²) in [6.07, 6.45) is 4.45. The predicted molar refractivity (Wildman–Crippen MR) is 112 cm³/mol. The van der Waals surface area contributed by atoms with E-state index in [0.717, 1.165) is 11.1 Å². The molecule has 2 heterocycles. The number of hydrogen-bond donors (Lipinski definition) is 2. The third-order valence-electron chi connectivity index (χ3n) is 4.33. The van der Waals surface area contributed by atoms with Crippen LogP contribution in [0.1, 0.15) is 26.5 Å². The van der Waals surface area contributed by atoms with Gasteiger partial charge in [-0.25, -0.2) is 9.97 Å². The Kier molecular flexibility index (Phi) is 5.61. The molecule has 0 saturated carbocycles. The van der Waals surface area contributed by atoms with Crippen LogP contribution in [0, 0.1) is 0 Å². The molecule has 4 rings (SSSR count). The number of carbonyl (C=O) groups is 2. The molecule has 0 unspecified atom stereocenters. The summed E-state index contributed by atoms with van der Waals surface area (Å²) in [7, 11) is 0. The molecule has 7 heteroatoms. The minimum Gasteiger partial charge on any atom is -0.459 e. The number of anilines is 1. The lowest BCUT2D eigenvalue weighted by Gasteiger charge is -2.08. The molecule has 148 valence electrons. The van der Waals surface area contributed by atoms with Gasteiger partial charge in [0.2, 0.25) is 0 Å². The third-order valence-corrected chi connectivity index (χ3v) is 4.33. The number of furan rings is 1. The Bertz CT molecular complexity index is 1140. The average molecular weight is 398 g/mol. The SMILES string of the molecule is O=C(NCc1cccc(NC(=O)c2ccco2)c1)c1cnc(-c2ccccc2)nc1. The maximum absolute atomic E-state index is 12.4. The van der Waals surface area contributed by atoms with Crippen molar-refractivity contribution in [1.29, 1.82) is 0 Å². The number of aromatic nitrogens is 2. The minimum absolute atomic E-state index is 0.229. The number of amides is 2. The molecule has 0 aliphatic carbocycles. The summed E-state index contributed by atoms with van der Waals surface area (Å²) in [5.41, 5.74) is 2.70. The Balaban J connectivity index is 1.36. The lowest BCUT2D eigenvalue weighted by molar-refractivity contribution is 0.0948. The van der Waals surface area contributed by atoms with E-state index < -0.39 is 0 Å². The zero-order valence-corrected chi connectivity index (χ0v) is 15.9. The summed E-state index contributed by atoms with van der Waals surface area (Å²) in [5.74, 6) is 0.177. The van der Waals surface area contributed by atoms with Crippen molar-refractivity contribution in [1.82, 2.24) is 15.3 Å². The molecule has 0 radical (unpaired) electrons. The van der Waals surface area contributed by atoms with Crippen molar-refractivity contribution in [3.8, 4) is 11.4 Å². The van der Waals surface area contributed by atoms with Crippen LogP contribution >= 0.6 is 0 Å². The number of nitrogens with one attached hydrogen (secondary N) is 2. The van der Waals surface area contributed by atoms with Gasteiger partial charge < -0.3 is 15.1 Å². The van der Waals surface area contributed by atoms with Gasteiger partial charge >= 0.3 is 0 Å². The van der Waals surface area contributed by atoms with Crippen molar-refractivity contribution >= 4 is 17.5 Å². The van der Waals surface area contributed by atoms with Gasteiger partial charge in [-0.05, 0) is 29.8 Å². The fourth-order valence-corrected chi connectivity index (χ4v) is 2.83. The van der Waals surface area contributed by atoms with E-state index in [0.29, 0.717) is 23.6 Å². The van der Waals surface area contributed by atoms with Gasteiger partial charge in [-0.1, -0.05) is 42.5 Å². The fourth-order valence-electron chi connectivity index (χ4n) is 2.83. The summed E-state index contributed by atoms with van der Waals surface area (Å²) in [4.78, 5) is 33.0. The van der Waals surface area contributed by atoms with Crippen LogP contribution < -0.4 is 10.6 Å². The largest absolute Gasteiger partial charge is 0.459 e. The van der Waals surface area contributed by atoms with Crippen LogP contribution in [-0.4, -0.2) is 21.8 Å². The number of benzene rings is 2. The summed E-state index contributed by atoms with van der Waals surface area (Å²) in [6.45, 7) is 0.295. The number of hydrogen-bond acceptors (Lipinski definition) is 5. The molecule has 2 N–H and O–H groups in total. The highest BCUT2D eigenvalue weighted by atomic mass is 16.3. The first-order chi connectivity index (χ1) is 14.7. The standard InChI is InChI=1S/C23H18N4O3/c28-22(18-14-24-21(25-15-18)17-7-2-1-3-8-17)26-13-16-6-4-9-19(12-16)27-23(29)20-10-5-11-30-20/h1-12,14-15H,13H2,(H,26,28)(H,27,29). The van der Waals surface area contributed by atoms with Crippen molar-refractivity contribution in [2.24, 2.45) is 0 Å². The summed E-state index contributed by atoms with van der Waals surface area (Å²) >= 11 is 0. The topological polar surface area (TPSA) is 97.1 Å². The van der Waals surface area contributed by atoms with Crippen molar-refractivity contribution in [2.45, 2.75) is 6.54 Å². The first kappa shape index (κ1) is 19.1. The van der Waals surface area contributed by atoms with Crippen LogP contribution in [0.15, 0.2) is 89.8 Å². The van der Waals surface area contributed by atoms with Crippen LogP contribution in [0.25, 0.3) is 11.4 Å². The van der Waals surface area contributed by atoms with Crippen molar-refractivity contribution < 1.29 is 14.0 Å². The second-order valence-corrected chi connectivity index (χ2v) is 6.48. The fraction of sp³-hybridized carbons (Fsp3) is 0.0435. The van der Waals surface area contributed by atoms with E-state index in [4.69, 9.17) is 4.42 Å². The molecule has 7 nitrogen and oxygen atoms in total. The Labute approximate surface area is 172 Å². The first-order valence-corrected chi connectivity index (χ1v) is 9.28. The zero-order valence-electron chi connectivity index (χ0n) is 15.9. The highest BCUT2D eigenvalue weighted by Crippen LogP contribution is 2.14. The van der Waals surface area contributed by atoms with Crippen LogP contribution in [0.5, 0.6) is 0 Å². The normalized spacial score (nSPS) is 10.4. The molecule has 0 spiro atoms. The Morgan fingerprint density at radius 2 is 1.67 bits per heavy atom. The Hall–Kier alpha value is -4.26. The third kappa shape index (κ3) is 4.59. The van der Waals surface area contributed by atoms with E-state index in [1.807, 2.05) is 36.4 Å². The van der Waals surface area contributed by atoms with E-state index in [1.165, 1.54) is 18.7 Å². The Morgan fingerprint density at radius 3 is 2.40 bits per heavy atom. The maximum atomic E-state index is 12.4. The van der Waals surface area contributed by atoms with Gasteiger partial charge in [-0.3, -0.25) is 9.59 Å². The van der Waals surface area contributed by atoms with Gasteiger partial charge in [0.15, 0.2) is 11.6 Å². The molecule has 4 aromatic rings. The molecular weight excluding hydrogens is 380 g/mol. The summed E-state index contributed by atoms with van der Waals surface area (Å²) < 4.78 is 5.08. The number of nitrogens with zero attached hydrogens (tertiary/aromatic N) is 2. The number of carbonyl (C=O) groups excluding carboxylic acids is 2. The van der Waals surface area contributed by atoms with Crippen molar-refractivity contribution in [3.63, 3.8) is 0 Å². The molecule has 0 atom stereocenters. The maximum Gasteiger partial charge on any atom is 0.291 e. The van der Waals surface area contributed by atoms with Gasteiger partial charge in [-0.15, -0.1) is 0 Å². The Morgan fingerprint density at radius 1 is 0.867 bits per heavy atom. The van der Waals surface area contributed by atoms with Gasteiger partial charge in [0.05, 0.1) is 11.8 Å². The smallest absolute Gasteiger partial charge is 0.291 e. The van der Waals surface area contributed by atoms with E-state index in [-0.39, 0.29) is 17.6 Å². The highest BCUT2D eigenvalue weighted by molar-refractivity contribution is 6.02. The highest BCUT2D eigenvalue weighted by Gasteiger charge is 2.10. The van der Waals surface area contributed by atoms with E-state index in [1.54, 1.807) is 30.3 Å². The second-order valence-electron chi connectivity index (χ2n) is 6.48. The van der Waals surface area contributed by atoms with Crippen molar-refractivity contribution in [3.05, 3.63) is 102 Å².